The normalized spacial score (nSPS) is 18.7. The third kappa shape index (κ3) is 7.08. The Morgan fingerprint density at radius 1 is 1.28 bits per heavy atom. The van der Waals surface area contributed by atoms with E-state index in [2.05, 4.69) is 44.6 Å². The van der Waals surface area contributed by atoms with Crippen LogP contribution in [-0.4, -0.2) is 57.8 Å². The third-order valence-electron chi connectivity index (χ3n) is 4.76. The quantitative estimate of drug-likeness (QED) is 0.281. The fraction of sp³-hybridized carbons (Fsp3) is 0.824. The van der Waals surface area contributed by atoms with Gasteiger partial charge in [0.2, 0.25) is 0 Å². The third-order valence-corrected chi connectivity index (χ3v) is 4.76. The maximum atomic E-state index is 4.61. The van der Waals surface area contributed by atoms with E-state index in [1.54, 1.807) is 0 Å². The van der Waals surface area contributed by atoms with Crippen LogP contribution in [0, 0.1) is 6.92 Å². The fourth-order valence-electron chi connectivity index (χ4n) is 3.06. The zero-order chi connectivity index (χ0) is 17.4. The maximum absolute atomic E-state index is 4.61. The van der Waals surface area contributed by atoms with Gasteiger partial charge in [0.05, 0.1) is 0 Å². The van der Waals surface area contributed by atoms with Gasteiger partial charge >= 0.3 is 0 Å². The smallest absolute Gasteiger partial charge is 0.191 e. The van der Waals surface area contributed by atoms with Gasteiger partial charge in [-0.2, -0.15) is 0 Å². The van der Waals surface area contributed by atoms with E-state index in [1.807, 2.05) is 18.5 Å². The number of guanidine groups is 1. The van der Waals surface area contributed by atoms with Crippen LogP contribution in [0.25, 0.3) is 0 Å². The van der Waals surface area contributed by atoms with Gasteiger partial charge in [-0.3, -0.25) is 0 Å². The van der Waals surface area contributed by atoms with Crippen molar-refractivity contribution >= 4 is 29.9 Å². The number of rotatable bonds is 7. The predicted molar refractivity (Wildman–Crippen MR) is 113 cm³/mol. The van der Waals surface area contributed by atoms with Gasteiger partial charge in [-0.1, -0.05) is 6.42 Å². The summed E-state index contributed by atoms with van der Waals surface area (Å²) in [7, 11) is 1.97. The van der Waals surface area contributed by atoms with Crippen molar-refractivity contribution in [1.29, 1.82) is 0 Å². The summed E-state index contributed by atoms with van der Waals surface area (Å²) >= 11 is 0. The summed E-state index contributed by atoms with van der Waals surface area (Å²) in [5.74, 6) is 2.64. The van der Waals surface area contributed by atoms with Crippen molar-refractivity contribution in [1.82, 2.24) is 30.3 Å². The molecular weight excluding hydrogens is 429 g/mol. The van der Waals surface area contributed by atoms with Crippen molar-refractivity contribution in [3.05, 3.63) is 11.6 Å². The van der Waals surface area contributed by atoms with Gasteiger partial charge < -0.3 is 20.1 Å². The van der Waals surface area contributed by atoms with E-state index in [0.29, 0.717) is 6.54 Å². The van der Waals surface area contributed by atoms with Crippen molar-refractivity contribution in [2.24, 2.45) is 12.0 Å². The van der Waals surface area contributed by atoms with Gasteiger partial charge in [-0.05, 0) is 46.6 Å². The molecule has 7 nitrogen and oxygen atoms in total. The number of likely N-dealkylation sites (tertiary alicyclic amines) is 1. The summed E-state index contributed by atoms with van der Waals surface area (Å²) in [6.45, 7) is 11.1. The second kappa shape index (κ2) is 11.7. The van der Waals surface area contributed by atoms with E-state index < -0.39 is 0 Å². The molecule has 0 spiro atoms. The minimum absolute atomic E-state index is 0. The van der Waals surface area contributed by atoms with Crippen LogP contribution in [0.4, 0.5) is 0 Å². The van der Waals surface area contributed by atoms with Crippen molar-refractivity contribution in [3.63, 3.8) is 0 Å². The highest BCUT2D eigenvalue weighted by molar-refractivity contribution is 14.0. The van der Waals surface area contributed by atoms with Crippen LogP contribution in [0.5, 0.6) is 0 Å². The molecule has 144 valence electrons. The van der Waals surface area contributed by atoms with Crippen molar-refractivity contribution in [3.8, 4) is 0 Å². The summed E-state index contributed by atoms with van der Waals surface area (Å²) in [6, 6.07) is 0.736. The van der Waals surface area contributed by atoms with E-state index in [4.69, 9.17) is 0 Å². The number of nitrogens with zero attached hydrogens (tertiary/aromatic N) is 5. The van der Waals surface area contributed by atoms with Crippen molar-refractivity contribution in [2.75, 3.05) is 26.2 Å². The monoisotopic (exact) mass is 463 g/mol. The maximum Gasteiger partial charge on any atom is 0.191 e. The topological polar surface area (TPSA) is 70.4 Å². The molecule has 2 heterocycles. The van der Waals surface area contributed by atoms with Crippen LogP contribution in [0.3, 0.4) is 0 Å². The second-order valence-electron chi connectivity index (χ2n) is 6.58. The molecule has 0 radical (unpaired) electrons. The first-order valence-electron chi connectivity index (χ1n) is 9.23. The van der Waals surface area contributed by atoms with E-state index in [0.717, 1.165) is 49.7 Å². The first kappa shape index (κ1) is 22.1. The lowest BCUT2D eigenvalue weighted by Gasteiger charge is -2.33. The van der Waals surface area contributed by atoms with Gasteiger partial charge in [0.25, 0.3) is 0 Å². The van der Waals surface area contributed by atoms with E-state index in [1.165, 1.54) is 25.8 Å². The van der Waals surface area contributed by atoms with Crippen LogP contribution >= 0.6 is 24.0 Å². The molecular formula is C17H34IN7. The molecule has 0 aliphatic carbocycles. The molecule has 0 bridgehead atoms. The van der Waals surface area contributed by atoms with Gasteiger partial charge in [0.1, 0.15) is 12.4 Å². The Labute approximate surface area is 169 Å². The summed E-state index contributed by atoms with van der Waals surface area (Å²) in [5, 5.41) is 14.9. The Morgan fingerprint density at radius 2 is 2.08 bits per heavy atom. The lowest BCUT2D eigenvalue weighted by Crippen LogP contribution is -2.41. The standard InChI is InChI=1S/C17H33N7.HI/c1-5-18-17(20-13-16-22-21-15(3)23(16)4)19-10-8-12-24-11-7-6-9-14(24)2;/h14H,5-13H2,1-4H3,(H2,18,19,20);1H. The molecule has 2 N–H and O–H groups in total. The summed E-state index contributed by atoms with van der Waals surface area (Å²) < 4.78 is 1.98. The summed E-state index contributed by atoms with van der Waals surface area (Å²) in [4.78, 5) is 7.22. The molecule has 8 heteroatoms. The predicted octanol–water partition coefficient (Wildman–Crippen LogP) is 2.06. The van der Waals surface area contributed by atoms with E-state index >= 15 is 0 Å². The number of nitrogens with one attached hydrogen (secondary N) is 2. The molecule has 25 heavy (non-hydrogen) atoms. The Balaban J connectivity index is 0.00000312. The fourth-order valence-corrected chi connectivity index (χ4v) is 3.06. The first-order chi connectivity index (χ1) is 11.6. The molecule has 2 rings (SSSR count). The SMILES string of the molecule is CCNC(=NCc1nnc(C)n1C)NCCCN1CCCCC1C.I. The number of aryl methyl sites for hydroxylation is 1. The van der Waals surface area contributed by atoms with Crippen molar-refractivity contribution < 1.29 is 0 Å². The van der Waals surface area contributed by atoms with Crippen LogP contribution < -0.4 is 10.6 Å². The minimum Gasteiger partial charge on any atom is -0.357 e. The average molecular weight is 463 g/mol. The number of hydrogen-bond donors (Lipinski definition) is 2. The number of hydrogen-bond acceptors (Lipinski definition) is 4. The molecule has 0 amide bonds. The van der Waals surface area contributed by atoms with Gasteiger partial charge in [0.15, 0.2) is 11.8 Å². The van der Waals surface area contributed by atoms with E-state index in [-0.39, 0.29) is 24.0 Å². The molecule has 0 aromatic carbocycles. The highest BCUT2D eigenvalue weighted by atomic mass is 127. The number of aliphatic imine (C=N–C) groups is 1. The van der Waals surface area contributed by atoms with Gasteiger partial charge in [-0.25, -0.2) is 4.99 Å². The molecule has 1 atom stereocenters. The van der Waals surface area contributed by atoms with Gasteiger partial charge in [0, 0.05) is 32.7 Å². The molecule has 1 aromatic heterocycles. The molecule has 1 fully saturated rings. The summed E-state index contributed by atoms with van der Waals surface area (Å²) in [6.07, 6.45) is 5.21. The lowest BCUT2D eigenvalue weighted by atomic mass is 10.0. The van der Waals surface area contributed by atoms with Crippen LogP contribution in [0.2, 0.25) is 0 Å². The molecule has 1 unspecified atom stereocenters. The highest BCUT2D eigenvalue weighted by Crippen LogP contribution is 2.15. The highest BCUT2D eigenvalue weighted by Gasteiger charge is 2.17. The second-order valence-corrected chi connectivity index (χ2v) is 6.58. The first-order valence-corrected chi connectivity index (χ1v) is 9.23. The Bertz CT molecular complexity index is 529. The lowest BCUT2D eigenvalue weighted by molar-refractivity contribution is 0.159. The molecule has 1 saturated heterocycles. The van der Waals surface area contributed by atoms with E-state index in [9.17, 15) is 0 Å². The minimum atomic E-state index is 0. The Kier molecular flexibility index (Phi) is 10.3. The van der Waals surface area contributed by atoms with Crippen LogP contribution in [0.1, 0.15) is 51.2 Å². The zero-order valence-electron chi connectivity index (χ0n) is 16.1. The Morgan fingerprint density at radius 3 is 2.72 bits per heavy atom. The Hall–Kier alpha value is -0.900. The molecule has 1 aromatic rings. The largest absolute Gasteiger partial charge is 0.357 e. The molecule has 1 aliphatic rings. The summed E-state index contributed by atoms with van der Waals surface area (Å²) in [5.41, 5.74) is 0. The van der Waals surface area contributed by atoms with Crippen LogP contribution in [-0.2, 0) is 13.6 Å². The zero-order valence-corrected chi connectivity index (χ0v) is 18.4. The molecule has 0 saturated carbocycles. The number of piperidine rings is 1. The van der Waals surface area contributed by atoms with Gasteiger partial charge in [-0.15, -0.1) is 34.2 Å². The molecule has 1 aliphatic heterocycles. The van der Waals surface area contributed by atoms with Crippen molar-refractivity contribution in [2.45, 2.75) is 59.0 Å². The number of aromatic nitrogens is 3. The van der Waals surface area contributed by atoms with Crippen LogP contribution in [0.15, 0.2) is 4.99 Å². The number of halogens is 1. The average Bonchev–Trinajstić information content (AvgIpc) is 2.89.